The number of hydrogen-bond acceptors (Lipinski definition) is 1. The molecule has 0 aliphatic carbocycles. The standard InChI is InChI=1S/C13H29N/c1-5-7-13(9-8-12(3)4)11-14-10-6-2/h12-14H,5-11H2,1-4H3. The van der Waals surface area contributed by atoms with Gasteiger partial charge in [-0.25, -0.2) is 0 Å². The summed E-state index contributed by atoms with van der Waals surface area (Å²) in [5, 5.41) is 3.54. The van der Waals surface area contributed by atoms with Crippen molar-refractivity contribution in [1.82, 2.24) is 5.32 Å². The van der Waals surface area contributed by atoms with Crippen LogP contribution in [-0.4, -0.2) is 13.1 Å². The molecular weight excluding hydrogens is 170 g/mol. The van der Waals surface area contributed by atoms with Crippen LogP contribution >= 0.6 is 0 Å². The highest BCUT2D eigenvalue weighted by Crippen LogP contribution is 2.16. The summed E-state index contributed by atoms with van der Waals surface area (Å²) in [4.78, 5) is 0. The van der Waals surface area contributed by atoms with Gasteiger partial charge in [0.25, 0.3) is 0 Å². The summed E-state index contributed by atoms with van der Waals surface area (Å²) in [6.45, 7) is 11.6. The summed E-state index contributed by atoms with van der Waals surface area (Å²) in [5.74, 6) is 1.77. The van der Waals surface area contributed by atoms with Gasteiger partial charge >= 0.3 is 0 Å². The lowest BCUT2D eigenvalue weighted by Gasteiger charge is -2.17. The summed E-state index contributed by atoms with van der Waals surface area (Å²) in [7, 11) is 0. The zero-order chi connectivity index (χ0) is 10.8. The fourth-order valence-corrected chi connectivity index (χ4v) is 1.81. The van der Waals surface area contributed by atoms with Gasteiger partial charge in [0.15, 0.2) is 0 Å². The van der Waals surface area contributed by atoms with E-state index < -0.39 is 0 Å². The quantitative estimate of drug-likeness (QED) is 0.556. The monoisotopic (exact) mass is 199 g/mol. The van der Waals surface area contributed by atoms with Gasteiger partial charge in [0.2, 0.25) is 0 Å². The van der Waals surface area contributed by atoms with Crippen LogP contribution in [0.5, 0.6) is 0 Å². The van der Waals surface area contributed by atoms with Crippen molar-refractivity contribution in [3.63, 3.8) is 0 Å². The molecule has 0 bridgehead atoms. The van der Waals surface area contributed by atoms with Crippen LogP contribution in [0, 0.1) is 11.8 Å². The molecule has 0 amide bonds. The third kappa shape index (κ3) is 8.55. The molecule has 1 unspecified atom stereocenters. The van der Waals surface area contributed by atoms with Crippen LogP contribution in [0.15, 0.2) is 0 Å². The average molecular weight is 199 g/mol. The van der Waals surface area contributed by atoms with E-state index >= 15 is 0 Å². The maximum absolute atomic E-state index is 3.54. The van der Waals surface area contributed by atoms with Gasteiger partial charge in [-0.05, 0) is 44.2 Å². The highest BCUT2D eigenvalue weighted by molar-refractivity contribution is 4.63. The Morgan fingerprint density at radius 2 is 1.64 bits per heavy atom. The molecule has 0 radical (unpaired) electrons. The lowest BCUT2D eigenvalue weighted by Crippen LogP contribution is -2.23. The van der Waals surface area contributed by atoms with Gasteiger partial charge < -0.3 is 5.32 Å². The van der Waals surface area contributed by atoms with Crippen molar-refractivity contribution in [3.8, 4) is 0 Å². The van der Waals surface area contributed by atoms with Crippen molar-refractivity contribution >= 4 is 0 Å². The summed E-state index contributed by atoms with van der Waals surface area (Å²) in [5.41, 5.74) is 0. The first kappa shape index (κ1) is 14.0. The molecule has 0 spiro atoms. The van der Waals surface area contributed by atoms with Gasteiger partial charge in [-0.3, -0.25) is 0 Å². The summed E-state index contributed by atoms with van der Waals surface area (Å²) < 4.78 is 0. The molecule has 1 heteroatoms. The van der Waals surface area contributed by atoms with Gasteiger partial charge in [0.05, 0.1) is 0 Å². The molecule has 0 saturated carbocycles. The summed E-state index contributed by atoms with van der Waals surface area (Å²) >= 11 is 0. The predicted octanol–water partition coefficient (Wildman–Crippen LogP) is 3.84. The van der Waals surface area contributed by atoms with E-state index in [0.717, 1.165) is 11.8 Å². The van der Waals surface area contributed by atoms with E-state index in [1.807, 2.05) is 0 Å². The Morgan fingerprint density at radius 3 is 2.14 bits per heavy atom. The SMILES string of the molecule is CCCNCC(CCC)CCC(C)C. The molecule has 0 aliphatic rings. The van der Waals surface area contributed by atoms with E-state index in [1.165, 1.54) is 45.2 Å². The van der Waals surface area contributed by atoms with Crippen molar-refractivity contribution < 1.29 is 0 Å². The van der Waals surface area contributed by atoms with Gasteiger partial charge in [-0.2, -0.15) is 0 Å². The van der Waals surface area contributed by atoms with Crippen molar-refractivity contribution in [2.75, 3.05) is 13.1 Å². The first-order valence-corrected chi connectivity index (χ1v) is 6.41. The Hall–Kier alpha value is -0.0400. The molecule has 0 fully saturated rings. The number of rotatable bonds is 9. The van der Waals surface area contributed by atoms with E-state index in [-0.39, 0.29) is 0 Å². The molecule has 0 saturated heterocycles. The second-order valence-electron chi connectivity index (χ2n) is 4.83. The van der Waals surface area contributed by atoms with E-state index in [4.69, 9.17) is 0 Å². The zero-order valence-electron chi connectivity index (χ0n) is 10.6. The Balaban J connectivity index is 3.54. The van der Waals surface area contributed by atoms with Gasteiger partial charge in [-0.1, -0.05) is 40.5 Å². The van der Waals surface area contributed by atoms with Crippen molar-refractivity contribution in [3.05, 3.63) is 0 Å². The molecule has 0 aromatic heterocycles. The lowest BCUT2D eigenvalue weighted by molar-refractivity contribution is 0.378. The highest BCUT2D eigenvalue weighted by Gasteiger charge is 2.07. The first-order valence-electron chi connectivity index (χ1n) is 6.41. The molecule has 14 heavy (non-hydrogen) atoms. The minimum atomic E-state index is 0.862. The maximum atomic E-state index is 3.54. The minimum Gasteiger partial charge on any atom is -0.316 e. The molecule has 1 atom stereocenters. The fourth-order valence-electron chi connectivity index (χ4n) is 1.81. The van der Waals surface area contributed by atoms with Crippen LogP contribution in [0.3, 0.4) is 0 Å². The fraction of sp³-hybridized carbons (Fsp3) is 1.00. The Kier molecular flexibility index (Phi) is 9.49. The molecule has 0 aromatic carbocycles. The lowest BCUT2D eigenvalue weighted by atomic mass is 9.94. The molecular formula is C13H29N. The van der Waals surface area contributed by atoms with Gasteiger partial charge in [0, 0.05) is 0 Å². The average Bonchev–Trinajstić information content (AvgIpc) is 2.14. The van der Waals surface area contributed by atoms with Crippen LogP contribution in [0.4, 0.5) is 0 Å². The second kappa shape index (κ2) is 9.51. The van der Waals surface area contributed by atoms with E-state index in [0.29, 0.717) is 0 Å². The van der Waals surface area contributed by atoms with Crippen LogP contribution in [-0.2, 0) is 0 Å². The van der Waals surface area contributed by atoms with Crippen molar-refractivity contribution in [2.24, 2.45) is 11.8 Å². The normalized spacial score (nSPS) is 13.5. The van der Waals surface area contributed by atoms with Gasteiger partial charge in [-0.15, -0.1) is 0 Å². The molecule has 0 rings (SSSR count). The summed E-state index contributed by atoms with van der Waals surface area (Å²) in [6, 6.07) is 0. The third-order valence-electron chi connectivity index (χ3n) is 2.71. The third-order valence-corrected chi connectivity index (χ3v) is 2.71. The van der Waals surface area contributed by atoms with Crippen LogP contribution < -0.4 is 5.32 Å². The van der Waals surface area contributed by atoms with Crippen molar-refractivity contribution in [2.45, 2.75) is 59.8 Å². The van der Waals surface area contributed by atoms with Crippen LogP contribution in [0.2, 0.25) is 0 Å². The number of nitrogens with one attached hydrogen (secondary N) is 1. The molecule has 0 aliphatic heterocycles. The predicted molar refractivity (Wildman–Crippen MR) is 65.6 cm³/mol. The zero-order valence-corrected chi connectivity index (χ0v) is 10.6. The topological polar surface area (TPSA) is 12.0 Å². The Bertz CT molecular complexity index is 110. The van der Waals surface area contributed by atoms with Gasteiger partial charge in [0.1, 0.15) is 0 Å². The van der Waals surface area contributed by atoms with E-state index in [1.54, 1.807) is 0 Å². The van der Waals surface area contributed by atoms with Crippen LogP contribution in [0.25, 0.3) is 0 Å². The molecule has 86 valence electrons. The smallest absolute Gasteiger partial charge is 0.00205 e. The molecule has 0 aromatic rings. The molecule has 0 heterocycles. The van der Waals surface area contributed by atoms with E-state index in [9.17, 15) is 0 Å². The minimum absolute atomic E-state index is 0.862. The Labute approximate surface area is 90.7 Å². The Morgan fingerprint density at radius 1 is 0.929 bits per heavy atom. The summed E-state index contributed by atoms with van der Waals surface area (Å²) in [6.07, 6.45) is 6.77. The van der Waals surface area contributed by atoms with Crippen LogP contribution in [0.1, 0.15) is 59.8 Å². The maximum Gasteiger partial charge on any atom is -0.00205 e. The molecule has 1 nitrogen and oxygen atoms in total. The largest absolute Gasteiger partial charge is 0.316 e. The first-order chi connectivity index (χ1) is 6.70. The van der Waals surface area contributed by atoms with Crippen molar-refractivity contribution in [1.29, 1.82) is 0 Å². The number of hydrogen-bond donors (Lipinski definition) is 1. The van der Waals surface area contributed by atoms with E-state index in [2.05, 4.69) is 33.0 Å². The second-order valence-corrected chi connectivity index (χ2v) is 4.83. The molecule has 1 N–H and O–H groups in total. The highest BCUT2D eigenvalue weighted by atomic mass is 14.8.